The number of nitrogens with zero attached hydrogens (tertiary/aromatic N) is 1. The Labute approximate surface area is 121 Å². The SMILES string of the molecule is CC12N=C(N)SCC1CCCc1ccc(Br)cc12. The van der Waals surface area contributed by atoms with E-state index in [1.54, 1.807) is 11.8 Å². The Hall–Kier alpha value is -0.480. The van der Waals surface area contributed by atoms with Crippen molar-refractivity contribution < 1.29 is 0 Å². The maximum absolute atomic E-state index is 5.97. The minimum Gasteiger partial charge on any atom is -0.379 e. The summed E-state index contributed by atoms with van der Waals surface area (Å²) in [6.07, 6.45) is 3.66. The third-order valence-corrected chi connectivity index (χ3v) is 5.64. The fraction of sp³-hybridized carbons (Fsp3) is 0.500. The van der Waals surface area contributed by atoms with Crippen LogP contribution in [0.25, 0.3) is 0 Å². The molecule has 0 saturated heterocycles. The van der Waals surface area contributed by atoms with Crippen molar-refractivity contribution in [3.8, 4) is 0 Å². The third kappa shape index (κ3) is 1.99. The monoisotopic (exact) mass is 324 g/mol. The van der Waals surface area contributed by atoms with Gasteiger partial charge in [0.2, 0.25) is 0 Å². The zero-order valence-electron chi connectivity index (χ0n) is 10.4. The highest BCUT2D eigenvalue weighted by atomic mass is 79.9. The number of thioether (sulfide) groups is 1. The maximum atomic E-state index is 5.97. The molecule has 0 spiro atoms. The van der Waals surface area contributed by atoms with Crippen LogP contribution >= 0.6 is 27.7 Å². The predicted octanol–water partition coefficient (Wildman–Crippen LogP) is 3.68. The van der Waals surface area contributed by atoms with Crippen molar-refractivity contribution in [1.29, 1.82) is 0 Å². The first kappa shape index (κ1) is 12.5. The van der Waals surface area contributed by atoms with Gasteiger partial charge in [0.25, 0.3) is 0 Å². The van der Waals surface area contributed by atoms with E-state index in [0.29, 0.717) is 5.92 Å². The Balaban J connectivity index is 2.19. The molecule has 1 heterocycles. The number of amidine groups is 1. The van der Waals surface area contributed by atoms with Crippen LogP contribution in [0, 0.1) is 5.92 Å². The fourth-order valence-electron chi connectivity index (χ4n) is 3.12. The molecule has 2 N–H and O–H groups in total. The molecule has 96 valence electrons. The Morgan fingerprint density at radius 2 is 2.33 bits per heavy atom. The molecule has 2 atom stereocenters. The molecule has 4 heteroatoms. The minimum absolute atomic E-state index is 0.134. The second-order valence-electron chi connectivity index (χ2n) is 5.30. The number of rotatable bonds is 0. The number of hydrogen-bond acceptors (Lipinski definition) is 3. The van der Waals surface area contributed by atoms with E-state index in [2.05, 4.69) is 41.1 Å². The summed E-state index contributed by atoms with van der Waals surface area (Å²) >= 11 is 5.29. The van der Waals surface area contributed by atoms with E-state index in [9.17, 15) is 0 Å². The van der Waals surface area contributed by atoms with Crippen LogP contribution in [0.15, 0.2) is 27.7 Å². The van der Waals surface area contributed by atoms with Crippen LogP contribution in [0.3, 0.4) is 0 Å². The highest BCUT2D eigenvalue weighted by Gasteiger charge is 2.41. The second kappa shape index (κ2) is 4.57. The van der Waals surface area contributed by atoms with Crippen molar-refractivity contribution in [2.24, 2.45) is 16.6 Å². The quantitative estimate of drug-likeness (QED) is 0.790. The van der Waals surface area contributed by atoms with Crippen LogP contribution in [-0.4, -0.2) is 10.9 Å². The van der Waals surface area contributed by atoms with E-state index >= 15 is 0 Å². The van der Waals surface area contributed by atoms with Gasteiger partial charge in [0.15, 0.2) is 5.17 Å². The van der Waals surface area contributed by atoms with Crippen LogP contribution in [0.4, 0.5) is 0 Å². The van der Waals surface area contributed by atoms with Crippen LogP contribution in [0.1, 0.15) is 30.9 Å². The highest BCUT2D eigenvalue weighted by molar-refractivity contribution is 9.10. The summed E-state index contributed by atoms with van der Waals surface area (Å²) in [5, 5.41) is 0.738. The fourth-order valence-corrected chi connectivity index (χ4v) is 4.60. The van der Waals surface area contributed by atoms with E-state index in [-0.39, 0.29) is 5.54 Å². The van der Waals surface area contributed by atoms with Gasteiger partial charge >= 0.3 is 0 Å². The number of aryl methyl sites for hydroxylation is 1. The van der Waals surface area contributed by atoms with Crippen molar-refractivity contribution >= 4 is 32.9 Å². The molecule has 2 nitrogen and oxygen atoms in total. The zero-order chi connectivity index (χ0) is 12.8. The smallest absolute Gasteiger partial charge is 0.154 e. The molecule has 18 heavy (non-hydrogen) atoms. The summed E-state index contributed by atoms with van der Waals surface area (Å²) in [6, 6.07) is 6.61. The number of benzene rings is 1. The van der Waals surface area contributed by atoms with Gasteiger partial charge < -0.3 is 5.73 Å². The van der Waals surface area contributed by atoms with E-state index < -0.39 is 0 Å². The van der Waals surface area contributed by atoms with Crippen molar-refractivity contribution in [3.63, 3.8) is 0 Å². The second-order valence-corrected chi connectivity index (χ2v) is 7.26. The molecule has 1 aliphatic carbocycles. The van der Waals surface area contributed by atoms with Crippen LogP contribution < -0.4 is 5.73 Å². The molecule has 1 aliphatic heterocycles. The standard InChI is InChI=1S/C14H17BrN2S/c1-14-10(8-18-13(16)17-14)4-2-3-9-5-6-11(15)7-12(9)14/h5-7,10H,2-4,8H2,1H3,(H2,16,17). The predicted molar refractivity (Wildman–Crippen MR) is 82.0 cm³/mol. The molecular weight excluding hydrogens is 308 g/mol. The molecule has 0 amide bonds. The molecule has 2 unspecified atom stereocenters. The lowest BCUT2D eigenvalue weighted by Crippen LogP contribution is -2.37. The van der Waals surface area contributed by atoms with E-state index in [0.717, 1.165) is 21.8 Å². The van der Waals surface area contributed by atoms with Gasteiger partial charge in [-0.1, -0.05) is 33.8 Å². The van der Waals surface area contributed by atoms with E-state index in [1.807, 2.05) is 0 Å². The first-order valence-corrected chi connectivity index (χ1v) is 8.14. The normalized spacial score (nSPS) is 31.0. The molecule has 1 aromatic rings. The molecule has 0 fully saturated rings. The van der Waals surface area contributed by atoms with Gasteiger partial charge in [-0.05, 0) is 55.4 Å². The number of fused-ring (bicyclic) bond motifs is 3. The summed E-state index contributed by atoms with van der Waals surface area (Å²) in [4.78, 5) is 4.82. The van der Waals surface area contributed by atoms with E-state index in [4.69, 9.17) is 10.7 Å². The lowest BCUT2D eigenvalue weighted by Gasteiger charge is -2.37. The molecule has 0 aromatic heterocycles. The summed E-state index contributed by atoms with van der Waals surface area (Å²) in [5.41, 5.74) is 8.64. The van der Waals surface area contributed by atoms with Gasteiger partial charge in [0.1, 0.15) is 0 Å². The Kier molecular flexibility index (Phi) is 3.18. The first-order chi connectivity index (χ1) is 8.59. The lowest BCUT2D eigenvalue weighted by molar-refractivity contribution is 0.317. The molecule has 0 bridgehead atoms. The van der Waals surface area contributed by atoms with Gasteiger partial charge in [-0.2, -0.15) is 0 Å². The maximum Gasteiger partial charge on any atom is 0.154 e. The van der Waals surface area contributed by atoms with Crippen LogP contribution in [-0.2, 0) is 12.0 Å². The number of halogens is 1. The van der Waals surface area contributed by atoms with Crippen LogP contribution in [0.2, 0.25) is 0 Å². The summed E-state index contributed by atoms with van der Waals surface area (Å²) < 4.78 is 1.13. The topological polar surface area (TPSA) is 38.4 Å². The number of nitrogens with two attached hydrogens (primary N) is 1. The van der Waals surface area contributed by atoms with Crippen molar-refractivity contribution in [3.05, 3.63) is 33.8 Å². The summed E-state index contributed by atoms with van der Waals surface area (Å²) in [6.45, 7) is 2.25. The van der Waals surface area contributed by atoms with Gasteiger partial charge in [-0.3, -0.25) is 4.99 Å². The average Bonchev–Trinajstić information content (AvgIpc) is 2.46. The molecular formula is C14H17BrN2S. The summed E-state index contributed by atoms with van der Waals surface area (Å²) in [7, 11) is 0. The Bertz CT molecular complexity index is 515. The highest BCUT2D eigenvalue weighted by Crippen LogP contribution is 2.46. The van der Waals surface area contributed by atoms with Crippen molar-refractivity contribution in [2.45, 2.75) is 31.7 Å². The van der Waals surface area contributed by atoms with Crippen LogP contribution in [0.5, 0.6) is 0 Å². The molecule has 0 saturated carbocycles. The van der Waals surface area contributed by atoms with Crippen molar-refractivity contribution in [1.82, 2.24) is 0 Å². The average molecular weight is 325 g/mol. The molecule has 0 radical (unpaired) electrons. The largest absolute Gasteiger partial charge is 0.379 e. The minimum atomic E-state index is -0.134. The number of aliphatic imine (C=N–C) groups is 1. The zero-order valence-corrected chi connectivity index (χ0v) is 12.9. The molecule has 2 aliphatic rings. The number of hydrogen-bond donors (Lipinski definition) is 1. The molecule has 1 aromatic carbocycles. The Morgan fingerprint density at radius 1 is 1.50 bits per heavy atom. The lowest BCUT2D eigenvalue weighted by atomic mass is 9.79. The Morgan fingerprint density at radius 3 is 3.17 bits per heavy atom. The first-order valence-electron chi connectivity index (χ1n) is 6.36. The summed E-state index contributed by atoms with van der Waals surface area (Å²) in [5.74, 6) is 1.70. The molecule has 3 rings (SSSR count). The van der Waals surface area contributed by atoms with Crippen molar-refractivity contribution in [2.75, 3.05) is 5.75 Å². The van der Waals surface area contributed by atoms with Gasteiger partial charge in [0.05, 0.1) is 5.54 Å². The van der Waals surface area contributed by atoms with Gasteiger partial charge in [0, 0.05) is 10.2 Å². The van der Waals surface area contributed by atoms with Gasteiger partial charge in [-0.15, -0.1) is 0 Å². The van der Waals surface area contributed by atoms with Gasteiger partial charge in [-0.25, -0.2) is 0 Å². The van der Waals surface area contributed by atoms with E-state index in [1.165, 1.54) is 24.0 Å². The third-order valence-electron chi connectivity index (χ3n) is 4.19.